The molecular formula is C26H25N3O4. The normalized spacial score (nSPS) is 16.8. The molecule has 3 aromatic carbocycles. The Labute approximate surface area is 192 Å². The first-order valence-electron chi connectivity index (χ1n) is 10.6. The van der Waals surface area contributed by atoms with E-state index in [0.29, 0.717) is 29.2 Å². The molecule has 1 unspecified atom stereocenters. The number of fused-ring (bicyclic) bond motifs is 1. The maximum absolute atomic E-state index is 13.8. The summed E-state index contributed by atoms with van der Waals surface area (Å²) in [4.78, 5) is 40.7. The quantitative estimate of drug-likeness (QED) is 0.584. The fourth-order valence-electron chi connectivity index (χ4n) is 4.20. The molecule has 2 N–H and O–H groups in total. The lowest BCUT2D eigenvalue weighted by atomic mass is 9.87. The van der Waals surface area contributed by atoms with Crippen LogP contribution in [0.2, 0.25) is 0 Å². The standard InChI is InChI=1S/C26H25N3O4/c1-18(30)28-26(16-24(31)27-20-12-14-21(33-2)15-13-20)22-10-6-7-11-23(22)29(25(26)32)17-19-8-4-3-5-9-19/h3-15H,16-17H2,1-2H3,(H,27,31)(H,28,30). The van der Waals surface area contributed by atoms with Crippen LogP contribution >= 0.6 is 0 Å². The van der Waals surface area contributed by atoms with Crippen LogP contribution in [0.5, 0.6) is 5.75 Å². The molecule has 0 saturated heterocycles. The molecule has 0 aromatic heterocycles. The van der Waals surface area contributed by atoms with Crippen LogP contribution in [0.3, 0.4) is 0 Å². The summed E-state index contributed by atoms with van der Waals surface area (Å²) in [6, 6.07) is 23.8. The number of nitrogens with one attached hydrogen (secondary N) is 2. The van der Waals surface area contributed by atoms with E-state index in [4.69, 9.17) is 4.74 Å². The highest BCUT2D eigenvalue weighted by Crippen LogP contribution is 2.43. The summed E-state index contributed by atoms with van der Waals surface area (Å²) in [6.07, 6.45) is -0.236. The average Bonchev–Trinajstić information content (AvgIpc) is 3.02. The number of rotatable bonds is 7. The maximum Gasteiger partial charge on any atom is 0.258 e. The van der Waals surface area contributed by atoms with Gasteiger partial charge < -0.3 is 20.3 Å². The van der Waals surface area contributed by atoms with Crippen LogP contribution in [0, 0.1) is 0 Å². The van der Waals surface area contributed by atoms with Crippen molar-refractivity contribution in [3.63, 3.8) is 0 Å². The van der Waals surface area contributed by atoms with Crippen LogP contribution in [-0.2, 0) is 26.5 Å². The van der Waals surface area contributed by atoms with Crippen LogP contribution in [0.15, 0.2) is 78.9 Å². The van der Waals surface area contributed by atoms with Crippen LogP contribution in [0.1, 0.15) is 24.5 Å². The monoisotopic (exact) mass is 443 g/mol. The van der Waals surface area contributed by atoms with Crippen molar-refractivity contribution in [2.45, 2.75) is 25.4 Å². The molecule has 33 heavy (non-hydrogen) atoms. The number of benzene rings is 3. The van der Waals surface area contributed by atoms with E-state index < -0.39 is 17.4 Å². The van der Waals surface area contributed by atoms with Crippen molar-refractivity contribution in [3.8, 4) is 5.75 Å². The first kappa shape index (κ1) is 22.1. The molecule has 0 bridgehead atoms. The predicted molar refractivity (Wildman–Crippen MR) is 126 cm³/mol. The highest BCUT2D eigenvalue weighted by Gasteiger charge is 2.52. The number of carbonyl (C=O) groups excluding carboxylic acids is 3. The molecule has 3 amide bonds. The predicted octanol–water partition coefficient (Wildman–Crippen LogP) is 3.60. The molecule has 0 radical (unpaired) electrons. The van der Waals surface area contributed by atoms with Crippen LogP contribution in [-0.4, -0.2) is 24.8 Å². The van der Waals surface area contributed by atoms with Gasteiger partial charge in [0.15, 0.2) is 5.54 Å². The number of anilines is 2. The Morgan fingerprint density at radius 3 is 2.27 bits per heavy atom. The Morgan fingerprint density at radius 2 is 1.61 bits per heavy atom. The van der Waals surface area contributed by atoms with Crippen molar-refractivity contribution in [3.05, 3.63) is 90.0 Å². The highest BCUT2D eigenvalue weighted by atomic mass is 16.5. The highest BCUT2D eigenvalue weighted by molar-refractivity contribution is 6.12. The van der Waals surface area contributed by atoms with E-state index in [0.717, 1.165) is 5.56 Å². The second-order valence-corrected chi connectivity index (χ2v) is 7.93. The van der Waals surface area contributed by atoms with E-state index >= 15 is 0 Å². The first-order valence-corrected chi connectivity index (χ1v) is 10.6. The number of hydrogen-bond donors (Lipinski definition) is 2. The number of para-hydroxylation sites is 1. The minimum atomic E-state index is -1.49. The van der Waals surface area contributed by atoms with Crippen molar-refractivity contribution >= 4 is 29.1 Å². The lowest BCUT2D eigenvalue weighted by Gasteiger charge is -2.29. The van der Waals surface area contributed by atoms with Gasteiger partial charge in [0, 0.05) is 18.2 Å². The zero-order valence-corrected chi connectivity index (χ0v) is 18.5. The van der Waals surface area contributed by atoms with Gasteiger partial charge in [0.2, 0.25) is 11.8 Å². The third-order valence-electron chi connectivity index (χ3n) is 5.64. The van der Waals surface area contributed by atoms with Gasteiger partial charge in [-0.05, 0) is 35.9 Å². The number of carbonyl (C=O) groups is 3. The number of ether oxygens (including phenoxy) is 1. The molecule has 0 aliphatic carbocycles. The molecule has 168 valence electrons. The van der Waals surface area contributed by atoms with Gasteiger partial charge in [-0.1, -0.05) is 48.5 Å². The minimum Gasteiger partial charge on any atom is -0.497 e. The Hall–Kier alpha value is -4.13. The van der Waals surface area contributed by atoms with Crippen molar-refractivity contribution < 1.29 is 19.1 Å². The smallest absolute Gasteiger partial charge is 0.258 e. The van der Waals surface area contributed by atoms with Crippen LogP contribution in [0.25, 0.3) is 0 Å². The average molecular weight is 444 g/mol. The van der Waals surface area contributed by atoms with Gasteiger partial charge in [0.1, 0.15) is 5.75 Å². The third kappa shape index (κ3) is 4.43. The summed E-state index contributed by atoms with van der Waals surface area (Å²) in [7, 11) is 1.56. The lowest BCUT2D eigenvalue weighted by molar-refractivity contribution is -0.133. The molecule has 1 heterocycles. The number of nitrogens with zero attached hydrogens (tertiary/aromatic N) is 1. The zero-order chi connectivity index (χ0) is 23.4. The molecule has 0 spiro atoms. The van der Waals surface area contributed by atoms with Crippen molar-refractivity contribution in [2.75, 3.05) is 17.3 Å². The molecular weight excluding hydrogens is 418 g/mol. The summed E-state index contributed by atoms with van der Waals surface area (Å²) in [5, 5.41) is 5.62. The molecule has 1 atom stereocenters. The molecule has 3 aromatic rings. The molecule has 0 fully saturated rings. The van der Waals surface area contributed by atoms with Crippen molar-refractivity contribution in [1.82, 2.24) is 5.32 Å². The van der Waals surface area contributed by atoms with Gasteiger partial charge in [-0.15, -0.1) is 0 Å². The van der Waals surface area contributed by atoms with Crippen LogP contribution < -0.4 is 20.3 Å². The topological polar surface area (TPSA) is 87.7 Å². The van der Waals surface area contributed by atoms with E-state index in [1.54, 1.807) is 48.4 Å². The summed E-state index contributed by atoms with van der Waals surface area (Å²) in [5.41, 5.74) is 1.30. The summed E-state index contributed by atoms with van der Waals surface area (Å²) in [6.45, 7) is 1.68. The van der Waals surface area contributed by atoms with E-state index in [9.17, 15) is 14.4 Å². The van der Waals surface area contributed by atoms with Crippen LogP contribution in [0.4, 0.5) is 11.4 Å². The van der Waals surface area contributed by atoms with Gasteiger partial charge in [-0.2, -0.15) is 0 Å². The van der Waals surface area contributed by atoms with Crippen molar-refractivity contribution in [1.29, 1.82) is 0 Å². The Balaban J connectivity index is 1.67. The second kappa shape index (κ2) is 9.16. The third-order valence-corrected chi connectivity index (χ3v) is 5.64. The number of hydrogen-bond acceptors (Lipinski definition) is 4. The molecule has 4 rings (SSSR count). The minimum absolute atomic E-state index is 0.236. The molecule has 7 nitrogen and oxygen atoms in total. The summed E-state index contributed by atoms with van der Waals surface area (Å²) in [5.74, 6) is -0.456. The number of amides is 3. The second-order valence-electron chi connectivity index (χ2n) is 7.93. The molecule has 0 saturated carbocycles. The number of methoxy groups -OCH3 is 1. The maximum atomic E-state index is 13.8. The fraction of sp³-hybridized carbons (Fsp3) is 0.192. The van der Waals surface area contributed by atoms with Gasteiger partial charge in [-0.25, -0.2) is 0 Å². The van der Waals surface area contributed by atoms with Crippen molar-refractivity contribution in [2.24, 2.45) is 0 Å². The van der Waals surface area contributed by atoms with E-state index in [1.165, 1.54) is 6.92 Å². The van der Waals surface area contributed by atoms with E-state index in [1.807, 2.05) is 42.5 Å². The Bertz CT molecular complexity index is 1180. The van der Waals surface area contributed by atoms with Gasteiger partial charge >= 0.3 is 0 Å². The Morgan fingerprint density at radius 1 is 0.939 bits per heavy atom. The fourth-order valence-corrected chi connectivity index (χ4v) is 4.20. The van der Waals surface area contributed by atoms with E-state index in [2.05, 4.69) is 10.6 Å². The molecule has 1 aliphatic rings. The summed E-state index contributed by atoms with van der Waals surface area (Å²) < 4.78 is 5.14. The van der Waals surface area contributed by atoms with E-state index in [-0.39, 0.29) is 12.3 Å². The zero-order valence-electron chi connectivity index (χ0n) is 18.5. The molecule has 1 aliphatic heterocycles. The van der Waals surface area contributed by atoms with Gasteiger partial charge in [0.05, 0.1) is 25.8 Å². The summed E-state index contributed by atoms with van der Waals surface area (Å²) >= 11 is 0. The Kier molecular flexibility index (Phi) is 6.13. The first-order chi connectivity index (χ1) is 15.9. The lowest BCUT2D eigenvalue weighted by Crippen LogP contribution is -2.54. The molecule has 7 heteroatoms. The largest absolute Gasteiger partial charge is 0.497 e. The van der Waals surface area contributed by atoms with Gasteiger partial charge in [0.25, 0.3) is 5.91 Å². The SMILES string of the molecule is COc1ccc(NC(=O)CC2(NC(C)=O)C(=O)N(Cc3ccccc3)c3ccccc32)cc1. The van der Waals surface area contributed by atoms with Gasteiger partial charge in [-0.3, -0.25) is 14.4 Å².